The number of hydrogen-bond donors (Lipinski definition) is 5. The number of nitrogens with zero attached hydrogens (tertiary/aromatic N) is 2. The number of benzene rings is 5. The van der Waals surface area contributed by atoms with Gasteiger partial charge in [0.05, 0.1) is 11.3 Å². The van der Waals surface area contributed by atoms with Crippen LogP contribution in [-0.2, 0) is 4.79 Å². The van der Waals surface area contributed by atoms with E-state index in [-0.39, 0.29) is 22.9 Å². The van der Waals surface area contributed by atoms with Crippen molar-refractivity contribution in [3.63, 3.8) is 0 Å². The highest BCUT2D eigenvalue weighted by molar-refractivity contribution is 6.11. The number of fused-ring (bicyclic) bond motifs is 1. The van der Waals surface area contributed by atoms with Gasteiger partial charge in [-0.3, -0.25) is 9.59 Å². The van der Waals surface area contributed by atoms with Crippen molar-refractivity contribution in [2.45, 2.75) is 20.1 Å². The number of amides is 2. The largest absolute Gasteiger partial charge is 0.505 e. The van der Waals surface area contributed by atoms with Gasteiger partial charge in [-0.1, -0.05) is 54.6 Å². The van der Waals surface area contributed by atoms with Gasteiger partial charge in [-0.05, 0) is 66.4 Å². The van der Waals surface area contributed by atoms with Gasteiger partial charge < -0.3 is 26.2 Å². The Kier molecular flexibility index (Phi) is 8.22. The number of aromatic hydroxyl groups is 1. The fraction of sp³-hybridized carbons (Fsp3) is 0.0909. The molecule has 5 rings (SSSR count). The first kappa shape index (κ1) is 28.0. The predicted octanol–water partition coefficient (Wildman–Crippen LogP) is 7.58. The van der Waals surface area contributed by atoms with E-state index in [1.165, 1.54) is 6.92 Å². The van der Waals surface area contributed by atoms with Crippen LogP contribution in [0.3, 0.4) is 0 Å². The number of aryl methyl sites for hydroxylation is 1. The number of hydrogen-bond acceptors (Lipinski definition) is 7. The van der Waals surface area contributed by atoms with E-state index >= 15 is 0 Å². The summed E-state index contributed by atoms with van der Waals surface area (Å²) in [5.41, 5.74) is 3.93. The SMILES string of the molecule is CC(=O)Nc1ccc(NC(=O)c2cc3ccccc3c(N=Nc3cc(C(O)Nc4ccccc4)ccc3C)c2O)cc1. The molecule has 5 aromatic rings. The monoisotopic (exact) mass is 559 g/mol. The molecule has 9 heteroatoms. The van der Waals surface area contributed by atoms with E-state index < -0.39 is 12.1 Å². The lowest BCUT2D eigenvalue weighted by atomic mass is 10.0. The highest BCUT2D eigenvalue weighted by Gasteiger charge is 2.19. The standard InChI is InChI=1S/C33H29N5O4/c1-20-12-13-23(32(41)35-24-9-4-3-5-10-24)19-29(20)37-38-30-27-11-7-6-8-22(27)18-28(31(30)40)33(42)36-26-16-14-25(15-17-26)34-21(2)39/h3-19,32,35,40-41H,1-2H3,(H,34,39)(H,36,42). The van der Waals surface area contributed by atoms with Gasteiger partial charge in [-0.2, -0.15) is 5.11 Å². The number of rotatable bonds is 8. The second-order valence-electron chi connectivity index (χ2n) is 9.71. The van der Waals surface area contributed by atoms with Gasteiger partial charge in [-0.25, -0.2) is 0 Å². The van der Waals surface area contributed by atoms with Gasteiger partial charge >= 0.3 is 0 Å². The zero-order valence-corrected chi connectivity index (χ0v) is 23.0. The van der Waals surface area contributed by atoms with Crippen LogP contribution >= 0.6 is 0 Å². The van der Waals surface area contributed by atoms with Crippen molar-refractivity contribution < 1.29 is 19.8 Å². The zero-order chi connectivity index (χ0) is 29.6. The Labute approximate surface area is 242 Å². The number of carbonyl (C=O) groups is 2. The van der Waals surface area contributed by atoms with E-state index in [9.17, 15) is 19.8 Å². The number of azo groups is 1. The van der Waals surface area contributed by atoms with Gasteiger partial charge in [0.2, 0.25) is 5.91 Å². The number of carbonyl (C=O) groups excluding carboxylic acids is 2. The molecule has 5 N–H and O–H groups in total. The summed E-state index contributed by atoms with van der Waals surface area (Å²) >= 11 is 0. The van der Waals surface area contributed by atoms with E-state index in [1.54, 1.807) is 48.5 Å². The lowest BCUT2D eigenvalue weighted by molar-refractivity contribution is -0.114. The number of aliphatic hydroxyl groups is 1. The van der Waals surface area contributed by atoms with E-state index in [0.717, 1.165) is 11.3 Å². The summed E-state index contributed by atoms with van der Waals surface area (Å²) in [6.07, 6.45) is -0.976. The van der Waals surface area contributed by atoms with Crippen molar-refractivity contribution in [2.75, 3.05) is 16.0 Å². The van der Waals surface area contributed by atoms with Crippen LogP contribution in [0.4, 0.5) is 28.4 Å². The molecule has 0 saturated heterocycles. The Balaban J connectivity index is 1.44. The van der Waals surface area contributed by atoms with Crippen molar-refractivity contribution in [3.8, 4) is 5.75 Å². The quantitative estimate of drug-likeness (QED) is 0.0986. The molecule has 1 atom stereocenters. The Hall–Kier alpha value is -5.54. The summed E-state index contributed by atoms with van der Waals surface area (Å²) in [7, 11) is 0. The molecule has 0 aliphatic carbocycles. The van der Waals surface area contributed by atoms with E-state index in [0.29, 0.717) is 33.4 Å². The molecule has 0 saturated carbocycles. The number of anilines is 3. The molecule has 0 bridgehead atoms. The lowest BCUT2D eigenvalue weighted by Gasteiger charge is -2.15. The number of phenols is 1. The van der Waals surface area contributed by atoms with Crippen LogP contribution in [0.2, 0.25) is 0 Å². The topological polar surface area (TPSA) is 135 Å². The van der Waals surface area contributed by atoms with Crippen molar-refractivity contribution in [2.24, 2.45) is 10.2 Å². The van der Waals surface area contributed by atoms with Crippen molar-refractivity contribution >= 4 is 51.0 Å². The van der Waals surface area contributed by atoms with Crippen molar-refractivity contribution in [1.29, 1.82) is 0 Å². The first-order valence-corrected chi connectivity index (χ1v) is 13.2. The minimum atomic E-state index is -0.976. The third-order valence-corrected chi connectivity index (χ3v) is 6.59. The minimum Gasteiger partial charge on any atom is -0.505 e. The normalized spacial score (nSPS) is 11.8. The molecular formula is C33H29N5O4. The highest BCUT2D eigenvalue weighted by Crippen LogP contribution is 2.40. The van der Waals surface area contributed by atoms with Gasteiger partial charge in [0.1, 0.15) is 5.69 Å². The second kappa shape index (κ2) is 12.3. The maximum Gasteiger partial charge on any atom is 0.259 e. The summed E-state index contributed by atoms with van der Waals surface area (Å²) in [4.78, 5) is 24.5. The molecule has 42 heavy (non-hydrogen) atoms. The molecule has 0 aliphatic heterocycles. The van der Waals surface area contributed by atoms with Crippen LogP contribution in [0.5, 0.6) is 5.75 Å². The molecular weight excluding hydrogens is 530 g/mol. The third-order valence-electron chi connectivity index (χ3n) is 6.59. The van der Waals surface area contributed by atoms with Crippen molar-refractivity contribution in [3.05, 3.63) is 120 Å². The maximum absolute atomic E-state index is 13.2. The summed E-state index contributed by atoms with van der Waals surface area (Å²) < 4.78 is 0. The molecule has 9 nitrogen and oxygen atoms in total. The Morgan fingerprint density at radius 3 is 2.14 bits per heavy atom. The first-order valence-electron chi connectivity index (χ1n) is 13.2. The maximum atomic E-state index is 13.2. The van der Waals surface area contributed by atoms with E-state index in [4.69, 9.17) is 0 Å². The fourth-order valence-corrected chi connectivity index (χ4v) is 4.41. The number of phenolic OH excluding ortho intramolecular Hbond substituents is 1. The molecule has 5 aromatic carbocycles. The summed E-state index contributed by atoms with van der Waals surface area (Å²) in [5.74, 6) is -1.05. The van der Waals surface area contributed by atoms with Gasteiger partial charge in [0, 0.05) is 34.9 Å². The molecule has 0 fully saturated rings. The summed E-state index contributed by atoms with van der Waals surface area (Å²) in [5, 5.41) is 40.6. The minimum absolute atomic E-state index is 0.0292. The number of aliphatic hydroxyl groups excluding tert-OH is 1. The fourth-order valence-electron chi connectivity index (χ4n) is 4.41. The highest BCUT2D eigenvalue weighted by atomic mass is 16.3. The molecule has 0 aromatic heterocycles. The Morgan fingerprint density at radius 2 is 1.43 bits per heavy atom. The van der Waals surface area contributed by atoms with Gasteiger partial charge in [0.25, 0.3) is 5.91 Å². The van der Waals surface area contributed by atoms with Crippen LogP contribution in [0.25, 0.3) is 10.8 Å². The molecule has 0 spiro atoms. The van der Waals surface area contributed by atoms with Crippen molar-refractivity contribution in [1.82, 2.24) is 0 Å². The molecule has 0 radical (unpaired) electrons. The van der Waals surface area contributed by atoms with Gasteiger partial charge in [-0.15, -0.1) is 5.11 Å². The van der Waals surface area contributed by atoms with Gasteiger partial charge in [0.15, 0.2) is 12.0 Å². The van der Waals surface area contributed by atoms with Crippen LogP contribution in [0.1, 0.15) is 34.6 Å². The van der Waals surface area contributed by atoms with Crippen LogP contribution in [-0.4, -0.2) is 22.0 Å². The predicted molar refractivity (Wildman–Crippen MR) is 165 cm³/mol. The number of nitrogens with one attached hydrogen (secondary N) is 3. The zero-order valence-electron chi connectivity index (χ0n) is 23.0. The third kappa shape index (κ3) is 6.43. The average molecular weight is 560 g/mol. The first-order chi connectivity index (χ1) is 20.3. The Bertz CT molecular complexity index is 1790. The second-order valence-corrected chi connectivity index (χ2v) is 9.71. The molecule has 0 aliphatic rings. The molecule has 1 unspecified atom stereocenters. The smallest absolute Gasteiger partial charge is 0.259 e. The molecule has 0 heterocycles. The molecule has 210 valence electrons. The lowest BCUT2D eigenvalue weighted by Crippen LogP contribution is -2.12. The van der Waals surface area contributed by atoms with Crippen LogP contribution in [0, 0.1) is 6.92 Å². The number of para-hydroxylation sites is 1. The molecule has 2 amide bonds. The van der Waals surface area contributed by atoms with E-state index in [1.807, 2.05) is 61.5 Å². The van der Waals surface area contributed by atoms with Crippen LogP contribution < -0.4 is 16.0 Å². The van der Waals surface area contributed by atoms with E-state index in [2.05, 4.69) is 26.2 Å². The van der Waals surface area contributed by atoms with Crippen LogP contribution in [0.15, 0.2) is 113 Å². The summed E-state index contributed by atoms with van der Waals surface area (Å²) in [6, 6.07) is 30.2. The average Bonchev–Trinajstić information content (AvgIpc) is 2.98. The Morgan fingerprint density at radius 1 is 0.762 bits per heavy atom. The summed E-state index contributed by atoms with van der Waals surface area (Å²) in [6.45, 7) is 3.28.